The lowest BCUT2D eigenvalue weighted by atomic mass is 9.95. The van der Waals surface area contributed by atoms with Crippen LogP contribution in [0.4, 0.5) is 5.69 Å². The first-order valence-electron chi connectivity index (χ1n) is 8.87. The molecule has 3 atom stereocenters. The van der Waals surface area contributed by atoms with Crippen molar-refractivity contribution in [2.24, 2.45) is 11.7 Å². The maximum absolute atomic E-state index is 12.7. The molecule has 1 aliphatic heterocycles. The highest BCUT2D eigenvalue weighted by Gasteiger charge is 2.30. The molecule has 0 aromatic heterocycles. The van der Waals surface area contributed by atoms with Crippen molar-refractivity contribution in [3.8, 4) is 0 Å². The van der Waals surface area contributed by atoms with Gasteiger partial charge >= 0.3 is 0 Å². The Bertz CT molecular complexity index is 588. The van der Waals surface area contributed by atoms with E-state index in [0.29, 0.717) is 12.5 Å². The molecule has 0 bridgehead atoms. The van der Waals surface area contributed by atoms with Gasteiger partial charge in [-0.1, -0.05) is 32.0 Å². The van der Waals surface area contributed by atoms with E-state index in [1.807, 2.05) is 25.1 Å². The van der Waals surface area contributed by atoms with Crippen LogP contribution in [0.5, 0.6) is 0 Å². The first-order chi connectivity index (χ1) is 11.4. The summed E-state index contributed by atoms with van der Waals surface area (Å²) in [7, 11) is 0. The van der Waals surface area contributed by atoms with E-state index in [-0.39, 0.29) is 23.8 Å². The molecule has 2 rings (SSSR count). The van der Waals surface area contributed by atoms with Gasteiger partial charge in [-0.25, -0.2) is 0 Å². The molecule has 1 aliphatic rings. The van der Waals surface area contributed by atoms with E-state index in [1.165, 1.54) is 0 Å². The third-order valence-electron chi connectivity index (χ3n) is 5.14. The van der Waals surface area contributed by atoms with Gasteiger partial charge in [-0.2, -0.15) is 0 Å². The molecule has 0 radical (unpaired) electrons. The average molecular weight is 331 g/mol. The van der Waals surface area contributed by atoms with Crippen LogP contribution in [-0.4, -0.2) is 35.8 Å². The van der Waals surface area contributed by atoms with Gasteiger partial charge in [-0.3, -0.25) is 14.5 Å². The molecule has 2 amide bonds. The summed E-state index contributed by atoms with van der Waals surface area (Å²) in [6.07, 6.45) is 2.74. The summed E-state index contributed by atoms with van der Waals surface area (Å²) in [5.41, 5.74) is 7.47. The molecule has 24 heavy (non-hydrogen) atoms. The molecular weight excluding hydrogens is 302 g/mol. The zero-order valence-electron chi connectivity index (χ0n) is 14.9. The Kier molecular flexibility index (Phi) is 6.37. The average Bonchev–Trinajstić information content (AvgIpc) is 2.60. The van der Waals surface area contributed by atoms with Gasteiger partial charge in [-0.05, 0) is 50.3 Å². The Hall–Kier alpha value is -1.88. The van der Waals surface area contributed by atoms with Crippen molar-refractivity contribution >= 4 is 17.5 Å². The molecule has 1 aromatic carbocycles. The van der Waals surface area contributed by atoms with Crippen LogP contribution in [0.25, 0.3) is 0 Å². The summed E-state index contributed by atoms with van der Waals surface area (Å²) in [6.45, 7) is 7.59. The highest BCUT2D eigenvalue weighted by Crippen LogP contribution is 2.27. The Morgan fingerprint density at radius 1 is 1.33 bits per heavy atom. The Labute approximate surface area is 144 Å². The second kappa shape index (κ2) is 8.29. The monoisotopic (exact) mass is 331 g/mol. The number of hydrogen-bond donors (Lipinski definition) is 2. The van der Waals surface area contributed by atoms with E-state index >= 15 is 0 Å². The van der Waals surface area contributed by atoms with Crippen LogP contribution in [0.3, 0.4) is 0 Å². The van der Waals surface area contributed by atoms with Gasteiger partial charge in [0.1, 0.15) is 0 Å². The lowest BCUT2D eigenvalue weighted by molar-refractivity contribution is -0.127. The summed E-state index contributed by atoms with van der Waals surface area (Å²) in [5.74, 6) is -0.0577. The normalized spacial score (nSPS) is 21.0. The zero-order chi connectivity index (χ0) is 17.7. The lowest BCUT2D eigenvalue weighted by Gasteiger charge is -2.35. The van der Waals surface area contributed by atoms with Gasteiger partial charge in [0.2, 0.25) is 11.8 Å². The first-order valence-corrected chi connectivity index (χ1v) is 8.87. The molecule has 1 heterocycles. The summed E-state index contributed by atoms with van der Waals surface area (Å²) in [6, 6.07) is 7.68. The zero-order valence-corrected chi connectivity index (χ0v) is 14.9. The van der Waals surface area contributed by atoms with Gasteiger partial charge in [0.05, 0.1) is 12.0 Å². The number of piperidine rings is 1. The van der Waals surface area contributed by atoms with Crippen molar-refractivity contribution in [1.82, 2.24) is 4.90 Å². The van der Waals surface area contributed by atoms with Crippen LogP contribution in [0.2, 0.25) is 0 Å². The first kappa shape index (κ1) is 18.5. The fourth-order valence-corrected chi connectivity index (χ4v) is 3.25. The maximum Gasteiger partial charge on any atom is 0.241 e. The molecule has 0 aliphatic carbocycles. The molecule has 0 unspecified atom stereocenters. The van der Waals surface area contributed by atoms with Crippen LogP contribution < -0.4 is 11.1 Å². The number of likely N-dealkylation sites (tertiary alicyclic amines) is 1. The number of para-hydroxylation sites is 1. The van der Waals surface area contributed by atoms with Crippen molar-refractivity contribution in [1.29, 1.82) is 0 Å². The number of benzene rings is 1. The van der Waals surface area contributed by atoms with Gasteiger partial charge in [0.15, 0.2) is 0 Å². The molecule has 3 N–H and O–H groups in total. The number of anilines is 1. The summed E-state index contributed by atoms with van der Waals surface area (Å²) in [4.78, 5) is 26.2. The number of hydrogen-bond acceptors (Lipinski definition) is 3. The van der Waals surface area contributed by atoms with Gasteiger partial charge in [0, 0.05) is 12.2 Å². The predicted octanol–water partition coefficient (Wildman–Crippen LogP) is 2.72. The molecular formula is C19H29N3O2. The van der Waals surface area contributed by atoms with Crippen LogP contribution in [0.1, 0.15) is 51.5 Å². The minimum Gasteiger partial charge on any atom is -0.369 e. The van der Waals surface area contributed by atoms with Crippen molar-refractivity contribution < 1.29 is 9.59 Å². The Morgan fingerprint density at radius 3 is 2.71 bits per heavy atom. The van der Waals surface area contributed by atoms with Crippen molar-refractivity contribution in [2.45, 2.75) is 52.0 Å². The number of rotatable bonds is 6. The van der Waals surface area contributed by atoms with Crippen molar-refractivity contribution in [2.75, 3.05) is 18.4 Å². The molecule has 5 heteroatoms. The van der Waals surface area contributed by atoms with E-state index in [0.717, 1.165) is 37.1 Å². The number of amides is 2. The fraction of sp³-hybridized carbons (Fsp3) is 0.579. The van der Waals surface area contributed by atoms with E-state index in [1.54, 1.807) is 0 Å². The molecule has 1 aromatic rings. The number of nitrogens with one attached hydrogen (secondary N) is 1. The number of carbonyl (C=O) groups is 2. The lowest BCUT2D eigenvalue weighted by Crippen LogP contribution is -2.49. The van der Waals surface area contributed by atoms with Crippen LogP contribution in [-0.2, 0) is 9.59 Å². The standard InChI is InChI=1S/C19H29N3O2/c1-4-13(2)16-9-5-6-10-17(16)21-19(24)14(3)22-11-7-8-15(12-22)18(20)23/h5-6,9-10,13-15H,4,7-8,11-12H2,1-3H3,(H2,20,23)(H,21,24)/t13-,14-,15-/m0/s1. The smallest absolute Gasteiger partial charge is 0.241 e. The van der Waals surface area contributed by atoms with Gasteiger partial charge < -0.3 is 11.1 Å². The molecule has 1 saturated heterocycles. The molecule has 1 fully saturated rings. The van der Waals surface area contributed by atoms with Crippen LogP contribution in [0.15, 0.2) is 24.3 Å². The summed E-state index contributed by atoms with van der Waals surface area (Å²) in [5, 5.41) is 3.07. The number of carbonyl (C=O) groups excluding carboxylic acids is 2. The van der Waals surface area contributed by atoms with E-state index in [4.69, 9.17) is 5.73 Å². The number of nitrogens with zero attached hydrogens (tertiary/aromatic N) is 1. The largest absolute Gasteiger partial charge is 0.369 e. The van der Waals surface area contributed by atoms with E-state index in [9.17, 15) is 9.59 Å². The third-order valence-corrected chi connectivity index (χ3v) is 5.14. The molecule has 5 nitrogen and oxygen atoms in total. The van der Waals surface area contributed by atoms with Gasteiger partial charge in [-0.15, -0.1) is 0 Å². The van der Waals surface area contributed by atoms with Crippen molar-refractivity contribution in [3.05, 3.63) is 29.8 Å². The molecule has 132 valence electrons. The number of nitrogens with two attached hydrogens (primary N) is 1. The number of primary amides is 1. The molecule has 0 spiro atoms. The Balaban J connectivity index is 2.05. The second-order valence-corrected chi connectivity index (χ2v) is 6.80. The van der Waals surface area contributed by atoms with Gasteiger partial charge in [0.25, 0.3) is 0 Å². The topological polar surface area (TPSA) is 75.4 Å². The minimum absolute atomic E-state index is 0.0316. The quantitative estimate of drug-likeness (QED) is 0.841. The minimum atomic E-state index is -0.280. The van der Waals surface area contributed by atoms with E-state index < -0.39 is 0 Å². The third kappa shape index (κ3) is 4.35. The second-order valence-electron chi connectivity index (χ2n) is 6.80. The van der Waals surface area contributed by atoms with E-state index in [2.05, 4.69) is 30.1 Å². The van der Waals surface area contributed by atoms with Crippen LogP contribution in [0, 0.1) is 5.92 Å². The highest BCUT2D eigenvalue weighted by molar-refractivity contribution is 5.95. The Morgan fingerprint density at radius 2 is 2.04 bits per heavy atom. The SMILES string of the molecule is CC[C@H](C)c1ccccc1NC(=O)[C@H](C)N1CCC[C@H](C(N)=O)C1. The predicted molar refractivity (Wildman–Crippen MR) is 96.7 cm³/mol. The highest BCUT2D eigenvalue weighted by atomic mass is 16.2. The summed E-state index contributed by atoms with van der Waals surface area (Å²) < 4.78 is 0. The van der Waals surface area contributed by atoms with Crippen molar-refractivity contribution in [3.63, 3.8) is 0 Å². The maximum atomic E-state index is 12.7. The molecule has 0 saturated carbocycles. The fourth-order valence-electron chi connectivity index (χ4n) is 3.25. The summed E-state index contributed by atoms with van der Waals surface area (Å²) >= 11 is 0. The van der Waals surface area contributed by atoms with Crippen LogP contribution >= 0.6 is 0 Å².